The van der Waals surface area contributed by atoms with Gasteiger partial charge in [0.1, 0.15) is 27.8 Å². The Kier molecular flexibility index (Phi) is 8.29. The van der Waals surface area contributed by atoms with Crippen LogP contribution in [0.15, 0.2) is 158 Å². The van der Waals surface area contributed by atoms with E-state index in [0.717, 1.165) is 56.0 Å². The van der Waals surface area contributed by atoms with Crippen LogP contribution >= 0.6 is 0 Å². The Labute approximate surface area is 250 Å². The van der Waals surface area contributed by atoms with E-state index in [2.05, 4.69) is 150 Å². The minimum absolute atomic E-state index is 0.556. The highest BCUT2D eigenvalue weighted by molar-refractivity contribution is 6.08. The summed E-state index contributed by atoms with van der Waals surface area (Å²) in [6.07, 6.45) is -0.556. The third-order valence-corrected chi connectivity index (χ3v) is 7.45. The molecule has 0 atom stereocenters. The van der Waals surface area contributed by atoms with Crippen molar-refractivity contribution in [1.82, 2.24) is 0 Å². The Morgan fingerprint density at radius 2 is 0.634 bits per heavy atom. The van der Waals surface area contributed by atoms with Crippen LogP contribution in [-0.2, 0) is 0 Å². The number of hydrogen-bond acceptors (Lipinski definition) is 2. The predicted octanol–water partition coefficient (Wildman–Crippen LogP) is 9.73. The molecule has 0 aliphatic rings. The zero-order valence-corrected chi connectivity index (χ0v) is 23.8. The maximum absolute atomic E-state index is 6.88. The van der Waals surface area contributed by atoms with Crippen molar-refractivity contribution in [2.75, 3.05) is 0 Å². The van der Waals surface area contributed by atoms with Crippen molar-refractivity contribution >= 4 is 16.3 Å². The molecule has 2 radical (unpaired) electrons. The molecule has 0 heterocycles. The average Bonchev–Trinajstić information content (AvgIpc) is 3.06. The normalized spacial score (nSPS) is 10.9. The molecule has 0 spiro atoms. The van der Waals surface area contributed by atoms with Crippen molar-refractivity contribution < 1.29 is 9.47 Å². The van der Waals surface area contributed by atoms with Crippen LogP contribution in [0.2, 0.25) is 5.28 Å². The van der Waals surface area contributed by atoms with Crippen LogP contribution in [-0.4, -0.2) is 22.6 Å². The van der Waals surface area contributed by atoms with Gasteiger partial charge in [0.25, 0.3) is 0 Å². The Balaban J connectivity index is 1.46. The van der Waals surface area contributed by atoms with E-state index in [9.17, 15) is 0 Å². The van der Waals surface area contributed by atoms with Crippen molar-refractivity contribution in [3.63, 3.8) is 0 Å². The molecule has 0 N–H and O–H groups in total. The number of para-hydroxylation sites is 2. The molecule has 6 aromatic carbocycles. The summed E-state index contributed by atoms with van der Waals surface area (Å²) in [5.74, 6) is 1.60. The quantitative estimate of drug-likeness (QED) is 0.133. The van der Waals surface area contributed by atoms with Crippen LogP contribution in [0.4, 0.5) is 0 Å². The van der Waals surface area contributed by atoms with E-state index >= 15 is 0 Å². The van der Waals surface area contributed by atoms with Crippen molar-refractivity contribution in [3.05, 3.63) is 158 Å². The Morgan fingerprint density at radius 3 is 0.878 bits per heavy atom. The van der Waals surface area contributed by atoms with Crippen molar-refractivity contribution in [2.45, 2.75) is 11.6 Å². The molecule has 2 nitrogen and oxygen atoms in total. The summed E-state index contributed by atoms with van der Waals surface area (Å²) in [6.45, 7) is 0. The second kappa shape index (κ2) is 12.7. The van der Waals surface area contributed by atoms with Gasteiger partial charge >= 0.3 is 0 Å². The second-order valence-electron chi connectivity index (χ2n) is 9.73. The van der Waals surface area contributed by atoms with Gasteiger partial charge in [0.05, 0.1) is 0 Å². The van der Waals surface area contributed by atoms with Gasteiger partial charge in [-0.15, -0.1) is 0 Å². The highest BCUT2D eigenvalue weighted by Gasteiger charge is 2.21. The zero-order valence-electron chi connectivity index (χ0n) is 22.7. The molecule has 0 fully saturated rings. The Hall–Kier alpha value is -4.55. The SMILES string of the molecule is [Al][CH2]C(Oc1c(-c2ccccc2)cccc1-c1ccccc1)Oc1c(-c2ccccc2)cccc1-c1ccccc1. The molecule has 0 bridgehead atoms. The van der Waals surface area contributed by atoms with Gasteiger partial charge in [-0.05, 0) is 27.5 Å². The lowest BCUT2D eigenvalue weighted by Gasteiger charge is -2.26. The van der Waals surface area contributed by atoms with Crippen LogP contribution in [0, 0.1) is 0 Å². The van der Waals surface area contributed by atoms with Gasteiger partial charge < -0.3 is 9.47 Å². The number of hydrogen-bond donors (Lipinski definition) is 0. The summed E-state index contributed by atoms with van der Waals surface area (Å²) in [5.41, 5.74) is 8.49. The third kappa shape index (κ3) is 5.98. The number of rotatable bonds is 9. The topological polar surface area (TPSA) is 18.5 Å². The van der Waals surface area contributed by atoms with Crippen LogP contribution in [0.5, 0.6) is 11.5 Å². The minimum Gasteiger partial charge on any atom is -0.455 e. The summed E-state index contributed by atoms with van der Waals surface area (Å²) in [5, 5.41) is 0.578. The molecule has 0 aliphatic heterocycles. The second-order valence-corrected chi connectivity index (χ2v) is 10.2. The van der Waals surface area contributed by atoms with Crippen molar-refractivity contribution in [3.8, 4) is 56.0 Å². The molecule has 196 valence electrons. The zero-order chi connectivity index (χ0) is 27.9. The molecule has 6 rings (SSSR count). The van der Waals surface area contributed by atoms with Gasteiger partial charge in [0, 0.05) is 22.3 Å². The van der Waals surface area contributed by atoms with Gasteiger partial charge in [-0.25, -0.2) is 0 Å². The van der Waals surface area contributed by atoms with Gasteiger partial charge in [-0.1, -0.05) is 158 Å². The minimum atomic E-state index is -0.556. The molecule has 0 saturated carbocycles. The van der Waals surface area contributed by atoms with E-state index in [4.69, 9.17) is 9.47 Å². The van der Waals surface area contributed by atoms with E-state index in [0.29, 0.717) is 5.28 Å². The fraction of sp³-hybridized carbons (Fsp3) is 0.0526. The van der Waals surface area contributed by atoms with E-state index in [1.54, 1.807) is 0 Å². The Bertz CT molecular complexity index is 1460. The van der Waals surface area contributed by atoms with Gasteiger partial charge in [0.2, 0.25) is 6.29 Å². The lowest BCUT2D eigenvalue weighted by Crippen LogP contribution is -2.24. The van der Waals surface area contributed by atoms with Crippen LogP contribution < -0.4 is 9.47 Å². The maximum Gasteiger partial charge on any atom is 0.227 e. The third-order valence-electron chi connectivity index (χ3n) is 7.06. The maximum atomic E-state index is 6.88. The van der Waals surface area contributed by atoms with Crippen LogP contribution in [0.3, 0.4) is 0 Å². The molecule has 3 heteroatoms. The fourth-order valence-electron chi connectivity index (χ4n) is 5.09. The van der Waals surface area contributed by atoms with Gasteiger partial charge in [-0.2, -0.15) is 0 Å². The first-order chi connectivity index (χ1) is 20.3. The summed E-state index contributed by atoms with van der Waals surface area (Å²) >= 11 is 2.81. The molecule has 6 aromatic rings. The standard InChI is InChI=1S/C38H29O2.Al/c1-28(39-37-33(29-16-6-2-7-17-29)24-14-25-34(37)30-18-8-3-9-19-30)40-38-35(31-20-10-4-11-21-31)26-15-27-36(38)32-22-12-5-13-23-32;/h2-28H,1H2;. The highest BCUT2D eigenvalue weighted by atomic mass is 27.0. The van der Waals surface area contributed by atoms with E-state index < -0.39 is 6.29 Å². The molecule has 41 heavy (non-hydrogen) atoms. The van der Waals surface area contributed by atoms with Gasteiger partial charge in [0.15, 0.2) is 0 Å². The fourth-order valence-corrected chi connectivity index (χ4v) is 5.28. The van der Waals surface area contributed by atoms with E-state index in [-0.39, 0.29) is 0 Å². The summed E-state index contributed by atoms with van der Waals surface area (Å²) in [6, 6.07) is 54.2. The van der Waals surface area contributed by atoms with Crippen molar-refractivity contribution in [2.24, 2.45) is 0 Å². The summed E-state index contributed by atoms with van der Waals surface area (Å²) in [4.78, 5) is 0. The number of benzene rings is 6. The first-order valence-electron chi connectivity index (χ1n) is 13.8. The summed E-state index contributed by atoms with van der Waals surface area (Å²) < 4.78 is 13.8. The highest BCUT2D eigenvalue weighted by Crippen LogP contribution is 2.43. The number of ether oxygens (including phenoxy) is 2. The molecular weight excluding hydrogens is 515 g/mol. The largest absolute Gasteiger partial charge is 0.455 e. The first kappa shape index (κ1) is 26.7. The first-order valence-corrected chi connectivity index (χ1v) is 14.6. The monoisotopic (exact) mass is 544 g/mol. The smallest absolute Gasteiger partial charge is 0.227 e. The average molecular weight is 545 g/mol. The molecule has 0 unspecified atom stereocenters. The predicted molar refractivity (Wildman–Crippen MR) is 170 cm³/mol. The van der Waals surface area contributed by atoms with Crippen molar-refractivity contribution in [1.29, 1.82) is 0 Å². The van der Waals surface area contributed by atoms with Crippen LogP contribution in [0.25, 0.3) is 44.5 Å². The summed E-state index contributed by atoms with van der Waals surface area (Å²) in [7, 11) is 0. The molecular formula is C38H29AlO2. The van der Waals surface area contributed by atoms with Crippen LogP contribution in [0.1, 0.15) is 0 Å². The lowest BCUT2D eigenvalue weighted by molar-refractivity contribution is 0.0247. The van der Waals surface area contributed by atoms with Gasteiger partial charge in [-0.3, -0.25) is 0 Å². The lowest BCUT2D eigenvalue weighted by atomic mass is 9.97. The molecule has 0 aromatic heterocycles. The van der Waals surface area contributed by atoms with E-state index in [1.807, 2.05) is 24.3 Å². The molecule has 0 saturated heterocycles. The van der Waals surface area contributed by atoms with E-state index in [1.165, 1.54) is 0 Å². The molecule has 0 amide bonds. The molecule has 0 aliphatic carbocycles. The Morgan fingerprint density at radius 1 is 0.366 bits per heavy atom.